The molecule has 0 spiro atoms. The fraction of sp³-hybridized carbons (Fsp3) is 0.500. The zero-order chi connectivity index (χ0) is 18.5. The molecule has 0 fully saturated rings. The number of nitrogens with one attached hydrogen (secondary N) is 1. The van der Waals surface area contributed by atoms with Crippen LogP contribution in [0.15, 0.2) is 12.1 Å². The minimum absolute atomic E-state index is 0.171. The number of carbonyl (C=O) groups is 2. The Hall–Kier alpha value is -1.51. The Morgan fingerprint density at radius 2 is 2.00 bits per heavy atom. The molecule has 1 atom stereocenters. The van der Waals surface area contributed by atoms with Crippen molar-refractivity contribution in [2.75, 3.05) is 12.3 Å². The Labute approximate surface area is 149 Å². The number of anilines is 1. The number of hydrogen-bond acceptors (Lipinski definition) is 6. The van der Waals surface area contributed by atoms with Crippen molar-refractivity contribution in [3.63, 3.8) is 0 Å². The first-order chi connectivity index (χ1) is 11.0. The van der Waals surface area contributed by atoms with E-state index >= 15 is 0 Å². The average molecular weight is 405 g/mol. The van der Waals surface area contributed by atoms with Gasteiger partial charge in [-0.15, -0.1) is 0 Å². The third kappa shape index (κ3) is 6.94. The zero-order valence-corrected chi connectivity index (χ0v) is 15.7. The molecule has 0 saturated carbocycles. The lowest BCUT2D eigenvalue weighted by Crippen LogP contribution is -2.34. The van der Waals surface area contributed by atoms with Crippen LogP contribution in [-0.2, 0) is 25.6 Å². The van der Waals surface area contributed by atoms with Gasteiger partial charge in [-0.1, -0.05) is 0 Å². The maximum Gasteiger partial charge on any atom is 0.354 e. The molecule has 0 amide bonds. The topological polar surface area (TPSA) is 90.6 Å². The number of rotatable bonds is 6. The first kappa shape index (κ1) is 20.5. The van der Waals surface area contributed by atoms with Crippen LogP contribution < -0.4 is 11.1 Å². The molecule has 6 nitrogen and oxygen atoms in total. The van der Waals surface area contributed by atoms with Crippen LogP contribution in [-0.4, -0.2) is 29.1 Å². The van der Waals surface area contributed by atoms with Crippen LogP contribution in [0.1, 0.15) is 31.9 Å². The van der Waals surface area contributed by atoms with Gasteiger partial charge in [-0.2, -0.15) is 0 Å². The largest absolute Gasteiger partial charge is 0.398 e. The number of nitrogens with two attached hydrogens (primary N) is 1. The highest BCUT2D eigenvalue weighted by Crippen LogP contribution is 2.19. The van der Waals surface area contributed by atoms with Gasteiger partial charge in [0, 0.05) is 12.2 Å². The van der Waals surface area contributed by atoms with Gasteiger partial charge < -0.3 is 20.5 Å². The third-order valence-electron chi connectivity index (χ3n) is 2.88. The molecular formula is C16H22BrFN2O4. The highest BCUT2D eigenvalue weighted by molar-refractivity contribution is 9.09. The van der Waals surface area contributed by atoms with Gasteiger partial charge in [0.1, 0.15) is 5.82 Å². The van der Waals surface area contributed by atoms with Gasteiger partial charge in [-0.25, -0.2) is 9.18 Å². The molecule has 24 heavy (non-hydrogen) atoms. The smallest absolute Gasteiger partial charge is 0.354 e. The monoisotopic (exact) mass is 404 g/mol. The van der Waals surface area contributed by atoms with Gasteiger partial charge >= 0.3 is 11.9 Å². The van der Waals surface area contributed by atoms with E-state index in [1.54, 1.807) is 27.7 Å². The van der Waals surface area contributed by atoms with E-state index in [1.165, 1.54) is 12.1 Å². The van der Waals surface area contributed by atoms with Gasteiger partial charge in [0.05, 0.1) is 12.1 Å². The number of carbonyl (C=O) groups excluding carboxylic acids is 2. The normalized spacial score (nSPS) is 12.8. The summed E-state index contributed by atoms with van der Waals surface area (Å²) in [5.41, 5.74) is 6.88. The number of aryl methyl sites for hydroxylation is 1. The Morgan fingerprint density at radius 3 is 2.58 bits per heavy atom. The molecule has 1 rings (SSSR count). The summed E-state index contributed by atoms with van der Waals surface area (Å²) in [7, 11) is 0. The summed E-state index contributed by atoms with van der Waals surface area (Å²) in [5, 5.41) is 1.72. The second-order valence-electron chi connectivity index (χ2n) is 6.24. The molecular weight excluding hydrogens is 383 g/mol. The molecule has 134 valence electrons. The second kappa shape index (κ2) is 8.55. The van der Waals surface area contributed by atoms with Crippen molar-refractivity contribution >= 4 is 33.6 Å². The van der Waals surface area contributed by atoms with Crippen molar-refractivity contribution in [2.24, 2.45) is 0 Å². The summed E-state index contributed by atoms with van der Waals surface area (Å²) in [6, 6.07) is 2.62. The molecule has 0 aliphatic rings. The van der Waals surface area contributed by atoms with Gasteiger partial charge in [0.25, 0.3) is 0 Å². The van der Waals surface area contributed by atoms with E-state index in [0.29, 0.717) is 16.8 Å². The summed E-state index contributed by atoms with van der Waals surface area (Å²) in [5.74, 6) is -2.01. The highest BCUT2D eigenvalue weighted by Gasteiger charge is 2.25. The van der Waals surface area contributed by atoms with Crippen LogP contribution in [0.4, 0.5) is 10.1 Å². The van der Waals surface area contributed by atoms with E-state index < -0.39 is 28.4 Å². The summed E-state index contributed by atoms with van der Waals surface area (Å²) < 4.78 is 23.3. The standard InChI is InChI=1S/C16H22BrFN2O4/c1-9-5-11(18)6-10(13(9)19)7-20-8-12(21)23-15(22)14(17)24-16(2,3)4/h5-6,14,20H,7-8,19H2,1-4H3. The van der Waals surface area contributed by atoms with E-state index in [0.717, 1.165) is 0 Å². The zero-order valence-electron chi connectivity index (χ0n) is 14.1. The number of halogens is 2. The van der Waals surface area contributed by atoms with E-state index in [2.05, 4.69) is 26.0 Å². The Balaban J connectivity index is 2.46. The molecule has 0 aromatic heterocycles. The Bertz CT molecular complexity index is 617. The summed E-state index contributed by atoms with van der Waals surface area (Å²) in [4.78, 5) is 23.3. The highest BCUT2D eigenvalue weighted by atomic mass is 79.9. The molecule has 1 aromatic rings. The first-order valence-electron chi connectivity index (χ1n) is 7.31. The first-order valence-corrected chi connectivity index (χ1v) is 8.23. The molecule has 0 saturated heterocycles. The van der Waals surface area contributed by atoms with Crippen molar-refractivity contribution in [3.05, 3.63) is 29.1 Å². The third-order valence-corrected chi connectivity index (χ3v) is 3.44. The quantitative estimate of drug-likeness (QED) is 0.327. The van der Waals surface area contributed by atoms with Gasteiger partial charge in [-0.3, -0.25) is 4.79 Å². The van der Waals surface area contributed by atoms with Crippen LogP contribution in [0.5, 0.6) is 0 Å². The average Bonchev–Trinajstić information content (AvgIpc) is 2.42. The van der Waals surface area contributed by atoms with Crippen LogP contribution in [0, 0.1) is 12.7 Å². The molecule has 0 heterocycles. The number of hydrogen-bond donors (Lipinski definition) is 2. The minimum Gasteiger partial charge on any atom is -0.398 e. The lowest BCUT2D eigenvalue weighted by Gasteiger charge is -2.22. The molecule has 3 N–H and O–H groups in total. The van der Waals surface area contributed by atoms with E-state index in [9.17, 15) is 14.0 Å². The molecule has 0 aliphatic carbocycles. The van der Waals surface area contributed by atoms with E-state index in [1.807, 2.05) is 0 Å². The molecule has 0 aliphatic heterocycles. The number of esters is 2. The van der Waals surface area contributed by atoms with E-state index in [4.69, 9.17) is 10.5 Å². The fourth-order valence-corrected chi connectivity index (χ4v) is 2.48. The predicted octanol–water partition coefficient (Wildman–Crippen LogP) is 2.41. The maximum absolute atomic E-state index is 13.4. The van der Waals surface area contributed by atoms with Crippen LogP contribution in [0.3, 0.4) is 0 Å². The summed E-state index contributed by atoms with van der Waals surface area (Å²) in [6.07, 6.45) is 0. The van der Waals surface area contributed by atoms with Crippen LogP contribution >= 0.6 is 15.9 Å². The Morgan fingerprint density at radius 1 is 1.38 bits per heavy atom. The molecule has 0 radical (unpaired) electrons. The summed E-state index contributed by atoms with van der Waals surface area (Å²) >= 11 is 3.01. The van der Waals surface area contributed by atoms with Crippen molar-refractivity contribution in [1.82, 2.24) is 5.32 Å². The maximum atomic E-state index is 13.4. The second-order valence-corrected chi connectivity index (χ2v) is 7.07. The number of benzene rings is 1. The predicted molar refractivity (Wildman–Crippen MR) is 91.9 cm³/mol. The van der Waals surface area contributed by atoms with Crippen molar-refractivity contribution in [2.45, 2.75) is 44.9 Å². The number of alkyl halides is 1. The summed E-state index contributed by atoms with van der Waals surface area (Å²) in [6.45, 7) is 6.94. The fourth-order valence-electron chi connectivity index (χ4n) is 1.82. The van der Waals surface area contributed by atoms with E-state index in [-0.39, 0.29) is 13.1 Å². The van der Waals surface area contributed by atoms with Crippen LogP contribution in [0.2, 0.25) is 0 Å². The Kier molecular flexibility index (Phi) is 7.31. The molecule has 8 heteroatoms. The molecule has 1 aromatic carbocycles. The molecule has 1 unspecified atom stereocenters. The number of ether oxygens (including phenoxy) is 2. The van der Waals surface area contributed by atoms with Crippen LogP contribution in [0.25, 0.3) is 0 Å². The SMILES string of the molecule is Cc1cc(F)cc(CNCC(=O)OC(=O)C(Br)OC(C)(C)C)c1N. The number of nitrogen functional groups attached to an aromatic ring is 1. The van der Waals surface area contributed by atoms with Gasteiger partial charge in [0.2, 0.25) is 5.01 Å². The lowest BCUT2D eigenvalue weighted by molar-refractivity contribution is -0.167. The van der Waals surface area contributed by atoms with Gasteiger partial charge in [-0.05, 0) is 66.9 Å². The van der Waals surface area contributed by atoms with Crippen molar-refractivity contribution < 1.29 is 23.5 Å². The van der Waals surface area contributed by atoms with Crippen molar-refractivity contribution in [1.29, 1.82) is 0 Å². The lowest BCUT2D eigenvalue weighted by atomic mass is 10.1. The van der Waals surface area contributed by atoms with Gasteiger partial charge in [0.15, 0.2) is 0 Å². The van der Waals surface area contributed by atoms with Crippen molar-refractivity contribution in [3.8, 4) is 0 Å². The molecule has 0 bridgehead atoms. The minimum atomic E-state index is -1.04.